The number of piperidine rings is 1. The summed E-state index contributed by atoms with van der Waals surface area (Å²) in [6, 6.07) is 4.69. The number of rotatable bonds is 8. The second kappa shape index (κ2) is 9.14. The summed E-state index contributed by atoms with van der Waals surface area (Å²) < 4.78 is 40.4. The molecular formula is C18H26F2N2O4. The Balaban J connectivity index is 2.13. The average Bonchev–Trinajstić information content (AvgIpc) is 2.63. The van der Waals surface area contributed by atoms with Gasteiger partial charge in [0.2, 0.25) is 0 Å². The van der Waals surface area contributed by atoms with E-state index in [1.807, 2.05) is 0 Å². The second-order valence-electron chi connectivity index (χ2n) is 6.20. The molecule has 26 heavy (non-hydrogen) atoms. The third-order valence-corrected chi connectivity index (χ3v) is 4.48. The van der Waals surface area contributed by atoms with Crippen LogP contribution < -0.4 is 14.8 Å². The normalized spacial score (nSPS) is 16.4. The fraction of sp³-hybridized carbons (Fsp3) is 0.611. The Morgan fingerprint density at radius 3 is 2.58 bits per heavy atom. The van der Waals surface area contributed by atoms with Crippen LogP contribution in [0.5, 0.6) is 11.5 Å². The number of halogens is 2. The SMILES string of the molecule is CCOc1cc(CN(C)C(=O)C2(OC)CCNCC2)ccc1OC(F)F. The molecule has 1 aromatic carbocycles. The van der Waals surface area contributed by atoms with E-state index in [4.69, 9.17) is 9.47 Å². The molecule has 0 bridgehead atoms. The number of carbonyl (C=O) groups is 1. The van der Waals surface area contributed by atoms with Gasteiger partial charge in [-0.3, -0.25) is 4.79 Å². The van der Waals surface area contributed by atoms with Gasteiger partial charge in [-0.25, -0.2) is 0 Å². The van der Waals surface area contributed by atoms with Crippen molar-refractivity contribution >= 4 is 5.91 Å². The summed E-state index contributed by atoms with van der Waals surface area (Å²) in [6.07, 6.45) is 1.22. The maximum absolute atomic E-state index is 12.9. The highest BCUT2D eigenvalue weighted by molar-refractivity contribution is 5.85. The number of hydrogen-bond donors (Lipinski definition) is 1. The van der Waals surface area contributed by atoms with Crippen LogP contribution in [0, 0.1) is 0 Å². The Labute approximate surface area is 152 Å². The Kier molecular flexibility index (Phi) is 7.16. The van der Waals surface area contributed by atoms with Crippen LogP contribution in [-0.4, -0.2) is 56.9 Å². The van der Waals surface area contributed by atoms with E-state index in [0.29, 0.717) is 26.0 Å². The minimum Gasteiger partial charge on any atom is -0.490 e. The smallest absolute Gasteiger partial charge is 0.387 e. The minimum atomic E-state index is -2.93. The molecule has 1 aliphatic heterocycles. The summed E-state index contributed by atoms with van der Waals surface area (Å²) in [4.78, 5) is 14.5. The molecule has 1 aromatic rings. The maximum atomic E-state index is 12.9. The van der Waals surface area contributed by atoms with Gasteiger partial charge in [-0.1, -0.05) is 6.07 Å². The first-order valence-electron chi connectivity index (χ1n) is 8.64. The predicted molar refractivity (Wildman–Crippen MR) is 92.6 cm³/mol. The number of nitrogens with one attached hydrogen (secondary N) is 1. The quantitative estimate of drug-likeness (QED) is 0.759. The van der Waals surface area contributed by atoms with Gasteiger partial charge in [-0.05, 0) is 50.6 Å². The summed E-state index contributed by atoms with van der Waals surface area (Å²) >= 11 is 0. The van der Waals surface area contributed by atoms with Gasteiger partial charge in [0.25, 0.3) is 5.91 Å². The number of likely N-dealkylation sites (N-methyl/N-ethyl adjacent to an activating group) is 1. The molecular weight excluding hydrogens is 346 g/mol. The molecule has 6 nitrogen and oxygen atoms in total. The van der Waals surface area contributed by atoms with Crippen molar-refractivity contribution in [2.45, 2.75) is 38.5 Å². The van der Waals surface area contributed by atoms with E-state index in [-0.39, 0.29) is 17.4 Å². The summed E-state index contributed by atoms with van der Waals surface area (Å²) in [5, 5.41) is 3.22. The molecule has 146 valence electrons. The van der Waals surface area contributed by atoms with Crippen LogP contribution in [-0.2, 0) is 16.1 Å². The molecule has 0 aromatic heterocycles. The first-order valence-corrected chi connectivity index (χ1v) is 8.64. The van der Waals surface area contributed by atoms with E-state index in [9.17, 15) is 13.6 Å². The van der Waals surface area contributed by atoms with Crippen LogP contribution in [0.15, 0.2) is 18.2 Å². The third kappa shape index (κ3) is 4.82. The van der Waals surface area contributed by atoms with E-state index >= 15 is 0 Å². The summed E-state index contributed by atoms with van der Waals surface area (Å²) in [6.45, 7) is 0.909. The van der Waals surface area contributed by atoms with Crippen molar-refractivity contribution in [3.63, 3.8) is 0 Å². The predicted octanol–water partition coefficient (Wildman–Crippen LogP) is 2.41. The zero-order valence-corrected chi connectivity index (χ0v) is 15.4. The lowest BCUT2D eigenvalue weighted by atomic mass is 9.90. The van der Waals surface area contributed by atoms with Gasteiger partial charge in [-0.15, -0.1) is 0 Å². The largest absolute Gasteiger partial charge is 0.490 e. The molecule has 0 spiro atoms. The molecule has 0 radical (unpaired) electrons. The average molecular weight is 372 g/mol. The number of nitrogens with zero attached hydrogens (tertiary/aromatic N) is 1. The molecule has 0 atom stereocenters. The molecule has 0 unspecified atom stereocenters. The molecule has 1 fully saturated rings. The maximum Gasteiger partial charge on any atom is 0.387 e. The van der Waals surface area contributed by atoms with E-state index in [0.717, 1.165) is 18.7 Å². The van der Waals surface area contributed by atoms with Gasteiger partial charge in [0, 0.05) is 20.7 Å². The lowest BCUT2D eigenvalue weighted by molar-refractivity contribution is -0.157. The Morgan fingerprint density at radius 2 is 2.00 bits per heavy atom. The Morgan fingerprint density at radius 1 is 1.31 bits per heavy atom. The first kappa shape index (κ1) is 20.4. The van der Waals surface area contributed by atoms with Gasteiger partial charge < -0.3 is 24.4 Å². The highest BCUT2D eigenvalue weighted by Gasteiger charge is 2.41. The third-order valence-electron chi connectivity index (χ3n) is 4.48. The van der Waals surface area contributed by atoms with E-state index in [1.165, 1.54) is 6.07 Å². The summed E-state index contributed by atoms with van der Waals surface area (Å²) in [7, 11) is 3.26. The Bertz CT molecular complexity index is 607. The molecule has 1 aliphatic rings. The van der Waals surface area contributed by atoms with Crippen LogP contribution in [0.4, 0.5) is 8.78 Å². The fourth-order valence-corrected chi connectivity index (χ4v) is 3.14. The van der Waals surface area contributed by atoms with Crippen LogP contribution in [0.25, 0.3) is 0 Å². The lowest BCUT2D eigenvalue weighted by Crippen LogP contribution is -2.54. The van der Waals surface area contributed by atoms with Gasteiger partial charge in [0.1, 0.15) is 5.60 Å². The number of ether oxygens (including phenoxy) is 3. The Hall–Kier alpha value is -1.93. The van der Waals surface area contributed by atoms with Crippen LogP contribution in [0.3, 0.4) is 0 Å². The highest BCUT2D eigenvalue weighted by atomic mass is 19.3. The van der Waals surface area contributed by atoms with Crippen molar-refractivity contribution in [1.29, 1.82) is 0 Å². The van der Waals surface area contributed by atoms with Crippen molar-refractivity contribution in [3.05, 3.63) is 23.8 Å². The highest BCUT2D eigenvalue weighted by Crippen LogP contribution is 2.31. The van der Waals surface area contributed by atoms with Gasteiger partial charge >= 0.3 is 6.61 Å². The molecule has 1 amide bonds. The molecule has 0 saturated carbocycles. The molecule has 0 aliphatic carbocycles. The summed E-state index contributed by atoms with van der Waals surface area (Å²) in [5.41, 5.74) is -0.0623. The number of amides is 1. The van der Waals surface area contributed by atoms with Crippen molar-refractivity contribution in [3.8, 4) is 11.5 Å². The fourth-order valence-electron chi connectivity index (χ4n) is 3.14. The topological polar surface area (TPSA) is 60.0 Å². The van der Waals surface area contributed by atoms with E-state index < -0.39 is 12.2 Å². The molecule has 1 heterocycles. The molecule has 2 rings (SSSR count). The minimum absolute atomic E-state index is 0.0219. The van der Waals surface area contributed by atoms with Crippen LogP contribution in [0.2, 0.25) is 0 Å². The molecule has 8 heteroatoms. The van der Waals surface area contributed by atoms with E-state index in [2.05, 4.69) is 10.1 Å². The number of methoxy groups -OCH3 is 1. The zero-order chi connectivity index (χ0) is 19.2. The van der Waals surface area contributed by atoms with Gasteiger partial charge in [0.15, 0.2) is 11.5 Å². The van der Waals surface area contributed by atoms with E-state index in [1.54, 1.807) is 38.1 Å². The van der Waals surface area contributed by atoms with Gasteiger partial charge in [0.05, 0.1) is 6.61 Å². The monoisotopic (exact) mass is 372 g/mol. The molecule has 1 N–H and O–H groups in total. The van der Waals surface area contributed by atoms with Crippen LogP contribution >= 0.6 is 0 Å². The number of carbonyl (C=O) groups excluding carboxylic acids is 1. The second-order valence-corrected chi connectivity index (χ2v) is 6.20. The van der Waals surface area contributed by atoms with Crippen molar-refractivity contribution in [1.82, 2.24) is 10.2 Å². The number of benzene rings is 1. The van der Waals surface area contributed by atoms with Gasteiger partial charge in [-0.2, -0.15) is 8.78 Å². The number of hydrogen-bond acceptors (Lipinski definition) is 5. The van der Waals surface area contributed by atoms with Crippen molar-refractivity contribution < 1.29 is 27.8 Å². The lowest BCUT2D eigenvalue weighted by Gasteiger charge is -2.37. The first-order chi connectivity index (χ1) is 12.4. The molecule has 1 saturated heterocycles. The zero-order valence-electron chi connectivity index (χ0n) is 15.4. The number of alkyl halides is 2. The summed E-state index contributed by atoms with van der Waals surface area (Å²) in [5.74, 6) is 0.119. The van der Waals surface area contributed by atoms with Crippen molar-refractivity contribution in [2.75, 3.05) is 33.9 Å². The van der Waals surface area contributed by atoms with Crippen LogP contribution in [0.1, 0.15) is 25.3 Å². The van der Waals surface area contributed by atoms with Crippen molar-refractivity contribution in [2.24, 2.45) is 0 Å². The standard InChI is InChI=1S/C18H26F2N2O4/c1-4-25-15-11-13(5-6-14(15)26-17(19)20)12-22(2)16(23)18(24-3)7-9-21-10-8-18/h5-6,11,17,21H,4,7-10,12H2,1-3H3.